The molecule has 182 valence electrons. The Kier molecular flexibility index (Phi) is 6.28. The van der Waals surface area contributed by atoms with Gasteiger partial charge < -0.3 is 19.5 Å². The molecule has 5 aliphatic rings. The van der Waals surface area contributed by atoms with Crippen molar-refractivity contribution in [1.82, 2.24) is 5.32 Å². The highest BCUT2D eigenvalue weighted by Crippen LogP contribution is 2.60. The lowest BCUT2D eigenvalue weighted by Gasteiger charge is -2.59. The summed E-state index contributed by atoms with van der Waals surface area (Å²) in [4.78, 5) is 37.7. The summed E-state index contributed by atoms with van der Waals surface area (Å²) in [6.45, 7) is 6.64. The number of thiophene rings is 1. The summed E-state index contributed by atoms with van der Waals surface area (Å²) in [5, 5.41) is 4.80. The fraction of sp³-hybridized carbons (Fsp3) is 0.750. The van der Waals surface area contributed by atoms with E-state index >= 15 is 0 Å². The summed E-state index contributed by atoms with van der Waals surface area (Å²) in [5.41, 5.74) is -0.683. The minimum atomic E-state index is -0.868. The summed E-state index contributed by atoms with van der Waals surface area (Å²) in [6.07, 6.45) is 2.38. The molecule has 1 aliphatic carbocycles. The second kappa shape index (κ2) is 8.92. The van der Waals surface area contributed by atoms with Crippen molar-refractivity contribution in [1.29, 1.82) is 0 Å². The van der Waals surface area contributed by atoms with Crippen LogP contribution in [0.1, 0.15) is 64.2 Å². The van der Waals surface area contributed by atoms with Crippen molar-refractivity contribution in [2.45, 2.75) is 89.8 Å². The number of nitrogens with one attached hydrogen (secondary N) is 1. The van der Waals surface area contributed by atoms with E-state index in [4.69, 9.17) is 24.0 Å². The summed E-state index contributed by atoms with van der Waals surface area (Å²) >= 11 is 1.58. The Labute approximate surface area is 198 Å². The highest BCUT2D eigenvalue weighted by Gasteiger charge is 2.69. The number of ether oxygens (including phenoxy) is 3. The van der Waals surface area contributed by atoms with Crippen LogP contribution in [-0.2, 0) is 40.1 Å². The summed E-state index contributed by atoms with van der Waals surface area (Å²) < 4.78 is 18.3. The highest BCUT2D eigenvalue weighted by atomic mass is 32.1. The third kappa shape index (κ3) is 4.23. The third-order valence-corrected chi connectivity index (χ3v) is 8.82. The van der Waals surface area contributed by atoms with E-state index < -0.39 is 29.9 Å². The van der Waals surface area contributed by atoms with Gasteiger partial charge in [-0.15, -0.1) is 11.3 Å². The van der Waals surface area contributed by atoms with Gasteiger partial charge in [-0.1, -0.05) is 19.9 Å². The Morgan fingerprint density at radius 2 is 2.03 bits per heavy atom. The molecular weight excluding hydrogens is 446 g/mol. The second-order valence-electron chi connectivity index (χ2n) is 10.1. The highest BCUT2D eigenvalue weighted by molar-refractivity contribution is 7.09. The molecule has 1 N–H and O–H groups in total. The molecule has 5 heterocycles. The first-order chi connectivity index (χ1) is 15.8. The third-order valence-electron chi connectivity index (χ3n) is 7.94. The number of fused-ring (bicyclic) bond motifs is 2. The number of esters is 1. The van der Waals surface area contributed by atoms with E-state index in [0.29, 0.717) is 12.5 Å². The maximum absolute atomic E-state index is 12.6. The average molecular weight is 480 g/mol. The Hall–Kier alpha value is -1.52. The minimum Gasteiger partial charge on any atom is -0.435 e. The first-order valence-electron chi connectivity index (χ1n) is 12.0. The lowest BCUT2D eigenvalue weighted by atomic mass is 9.58. The van der Waals surface area contributed by atoms with E-state index in [-0.39, 0.29) is 36.5 Å². The quantitative estimate of drug-likeness (QED) is 0.489. The van der Waals surface area contributed by atoms with Gasteiger partial charge >= 0.3 is 5.97 Å². The van der Waals surface area contributed by atoms with Crippen molar-refractivity contribution < 1.29 is 33.6 Å². The van der Waals surface area contributed by atoms with Gasteiger partial charge in [0.15, 0.2) is 11.9 Å². The first kappa shape index (κ1) is 23.2. The number of hydrogen-bond acceptors (Lipinski definition) is 8. The zero-order valence-electron chi connectivity index (χ0n) is 19.4. The normalized spacial score (nSPS) is 41.7. The number of amides is 1. The summed E-state index contributed by atoms with van der Waals surface area (Å²) in [6, 6.07) is 3.90. The van der Waals surface area contributed by atoms with Crippen LogP contribution in [0.4, 0.5) is 0 Å². The lowest BCUT2D eigenvalue weighted by Crippen LogP contribution is -2.70. The van der Waals surface area contributed by atoms with Crippen LogP contribution in [0.25, 0.3) is 0 Å². The average Bonchev–Trinajstić information content (AvgIpc) is 3.21. The Balaban J connectivity index is 1.22. The van der Waals surface area contributed by atoms with E-state index in [1.54, 1.807) is 11.3 Å². The molecule has 1 spiro atoms. The zero-order valence-corrected chi connectivity index (χ0v) is 20.2. The molecule has 0 aromatic carbocycles. The summed E-state index contributed by atoms with van der Waals surface area (Å²) in [5.74, 6) is -0.751. The van der Waals surface area contributed by atoms with Crippen LogP contribution in [-0.4, -0.2) is 35.8 Å². The van der Waals surface area contributed by atoms with Crippen LogP contribution in [0, 0.1) is 23.7 Å². The van der Waals surface area contributed by atoms with Gasteiger partial charge in [0, 0.05) is 29.6 Å². The Morgan fingerprint density at radius 1 is 1.18 bits per heavy atom. The molecule has 1 aromatic heterocycles. The second-order valence-corrected chi connectivity index (χ2v) is 11.2. The fourth-order valence-corrected chi connectivity index (χ4v) is 6.74. The molecule has 4 aliphatic heterocycles. The van der Waals surface area contributed by atoms with Crippen molar-refractivity contribution in [2.75, 3.05) is 0 Å². The standard InChI is InChI=1S/C24H33NO7S/c1-14-6-7-18-15(2)21(28-20(27)9-8-19(26)25-13-16-5-4-12-33-16)29-22-24(18)17(14)10-11-23(3,30-22)31-32-24/h4-5,12,14-15,17-18,21-22H,6-11,13H2,1-3H3,(H,25,26)/t14-,15-,17+,18+,21-,22-,23?,24?/m1/s1. The molecular formula is C24H33NO7S. The van der Waals surface area contributed by atoms with E-state index in [1.807, 2.05) is 31.4 Å². The van der Waals surface area contributed by atoms with Gasteiger partial charge in [-0.2, -0.15) is 0 Å². The Morgan fingerprint density at radius 3 is 2.82 bits per heavy atom. The largest absolute Gasteiger partial charge is 0.435 e. The molecule has 1 saturated carbocycles. The molecule has 6 rings (SSSR count). The summed E-state index contributed by atoms with van der Waals surface area (Å²) in [7, 11) is 0. The van der Waals surface area contributed by atoms with Crippen LogP contribution >= 0.6 is 11.3 Å². The predicted octanol–water partition coefficient (Wildman–Crippen LogP) is 3.90. The van der Waals surface area contributed by atoms with Gasteiger partial charge in [-0.3, -0.25) is 9.59 Å². The van der Waals surface area contributed by atoms with Crippen LogP contribution in [0.2, 0.25) is 0 Å². The van der Waals surface area contributed by atoms with Gasteiger partial charge in [0.25, 0.3) is 0 Å². The number of hydrogen-bond donors (Lipinski definition) is 1. The number of rotatable bonds is 6. The number of carbonyl (C=O) groups is 2. The molecule has 8 atom stereocenters. The monoisotopic (exact) mass is 479 g/mol. The molecule has 2 bridgehead atoms. The van der Waals surface area contributed by atoms with E-state index in [9.17, 15) is 9.59 Å². The van der Waals surface area contributed by atoms with Crippen molar-refractivity contribution in [3.05, 3.63) is 22.4 Å². The van der Waals surface area contributed by atoms with Crippen LogP contribution in [0.15, 0.2) is 17.5 Å². The molecule has 33 heavy (non-hydrogen) atoms. The van der Waals surface area contributed by atoms with Gasteiger partial charge in [0.1, 0.15) is 0 Å². The fourth-order valence-electron chi connectivity index (χ4n) is 6.10. The molecule has 4 saturated heterocycles. The molecule has 1 amide bonds. The molecule has 8 nitrogen and oxygen atoms in total. The zero-order chi connectivity index (χ0) is 23.2. The Bertz CT molecular complexity index is 878. The van der Waals surface area contributed by atoms with Gasteiger partial charge in [-0.05, 0) is 49.5 Å². The SMILES string of the molecule is C[C@H]1[C@H](OC(=O)CCC(=O)NCc2cccs2)O[C@@H]2OC3(C)CC[C@H]4[C@H](C)CC[C@@H]1C24OO3. The molecule has 5 fully saturated rings. The maximum atomic E-state index is 12.6. The van der Waals surface area contributed by atoms with Crippen molar-refractivity contribution >= 4 is 23.2 Å². The topological polar surface area (TPSA) is 92.3 Å². The van der Waals surface area contributed by atoms with Gasteiger partial charge in [-0.25, -0.2) is 9.78 Å². The van der Waals surface area contributed by atoms with Crippen LogP contribution in [0.5, 0.6) is 0 Å². The predicted molar refractivity (Wildman–Crippen MR) is 118 cm³/mol. The molecule has 2 unspecified atom stereocenters. The lowest BCUT2D eigenvalue weighted by molar-refractivity contribution is -0.576. The molecule has 1 aromatic rings. The molecule has 0 radical (unpaired) electrons. The van der Waals surface area contributed by atoms with E-state index in [0.717, 1.165) is 30.6 Å². The molecule has 9 heteroatoms. The smallest absolute Gasteiger partial charge is 0.308 e. The van der Waals surface area contributed by atoms with Crippen molar-refractivity contribution in [2.24, 2.45) is 23.7 Å². The van der Waals surface area contributed by atoms with E-state index in [2.05, 4.69) is 12.2 Å². The van der Waals surface area contributed by atoms with Crippen molar-refractivity contribution in [3.8, 4) is 0 Å². The minimum absolute atomic E-state index is 0.00116. The van der Waals surface area contributed by atoms with E-state index in [1.165, 1.54) is 0 Å². The van der Waals surface area contributed by atoms with Crippen LogP contribution < -0.4 is 5.32 Å². The van der Waals surface area contributed by atoms with Crippen molar-refractivity contribution in [3.63, 3.8) is 0 Å². The van der Waals surface area contributed by atoms with Gasteiger partial charge in [0.2, 0.25) is 18.0 Å². The first-order valence-corrected chi connectivity index (χ1v) is 12.9. The maximum Gasteiger partial charge on any atom is 0.308 e. The van der Waals surface area contributed by atoms with Crippen LogP contribution in [0.3, 0.4) is 0 Å². The number of carbonyl (C=O) groups excluding carboxylic acids is 2. The van der Waals surface area contributed by atoms with Gasteiger partial charge in [0.05, 0.1) is 13.0 Å².